The predicted molar refractivity (Wildman–Crippen MR) is 104 cm³/mol. The smallest absolute Gasteiger partial charge is 0.258 e. The molecular formula is C16H19N3O6S3. The van der Waals surface area contributed by atoms with E-state index >= 15 is 0 Å². The molecule has 1 aliphatic rings. The molecule has 1 aromatic carbocycles. The topological polar surface area (TPSA) is 118 Å². The van der Waals surface area contributed by atoms with E-state index in [2.05, 4.69) is 0 Å². The number of aryl methyl sites for hydroxylation is 2. The van der Waals surface area contributed by atoms with Crippen LogP contribution in [-0.2, 0) is 20.0 Å². The molecule has 0 aliphatic carbocycles. The molecule has 0 unspecified atom stereocenters. The number of nitro benzene ring substituents is 1. The standard InChI is InChI=1S/C16H19N3O6S3/c1-12-3-5-14(19(20)21)11-15(12)27(22,23)17-7-9-18(10-8-17)28(24,25)16-6-4-13(2)26-16/h3-6,11H,7-10H2,1-2H3. The van der Waals surface area contributed by atoms with E-state index in [-0.39, 0.29) is 41.0 Å². The Hall–Kier alpha value is -1.86. The first-order chi connectivity index (χ1) is 13.0. The molecule has 1 fully saturated rings. The fourth-order valence-corrected chi connectivity index (χ4v) is 7.47. The SMILES string of the molecule is Cc1ccc(S(=O)(=O)N2CCN(S(=O)(=O)c3cc([N+](=O)[O-])ccc3C)CC2)s1. The molecule has 2 heterocycles. The van der Waals surface area contributed by atoms with Gasteiger partial charge in [0, 0.05) is 43.2 Å². The number of piperazine rings is 1. The third kappa shape index (κ3) is 3.82. The van der Waals surface area contributed by atoms with Crippen LogP contribution in [0.2, 0.25) is 0 Å². The Morgan fingerprint density at radius 1 is 0.929 bits per heavy atom. The van der Waals surface area contributed by atoms with E-state index < -0.39 is 25.0 Å². The van der Waals surface area contributed by atoms with Gasteiger partial charge >= 0.3 is 0 Å². The summed E-state index contributed by atoms with van der Waals surface area (Å²) < 4.78 is 54.0. The molecule has 0 radical (unpaired) electrons. The van der Waals surface area contributed by atoms with Gasteiger partial charge in [0.1, 0.15) is 4.21 Å². The predicted octanol–water partition coefficient (Wildman–Crippen LogP) is 1.97. The molecular weight excluding hydrogens is 426 g/mol. The van der Waals surface area contributed by atoms with Crippen molar-refractivity contribution in [1.82, 2.24) is 8.61 Å². The van der Waals surface area contributed by atoms with Gasteiger partial charge in [-0.2, -0.15) is 8.61 Å². The monoisotopic (exact) mass is 445 g/mol. The molecule has 3 rings (SSSR count). The first kappa shape index (κ1) is 20.9. The van der Waals surface area contributed by atoms with Gasteiger partial charge in [-0.3, -0.25) is 10.1 Å². The van der Waals surface area contributed by atoms with Gasteiger partial charge in [0.25, 0.3) is 15.7 Å². The molecule has 9 nitrogen and oxygen atoms in total. The summed E-state index contributed by atoms with van der Waals surface area (Å²) in [4.78, 5) is 11.1. The highest BCUT2D eigenvalue weighted by molar-refractivity contribution is 7.91. The third-order valence-electron chi connectivity index (χ3n) is 4.51. The lowest BCUT2D eigenvalue weighted by Crippen LogP contribution is -2.50. The molecule has 12 heteroatoms. The van der Waals surface area contributed by atoms with Crippen LogP contribution in [0.15, 0.2) is 39.4 Å². The van der Waals surface area contributed by atoms with Crippen LogP contribution in [-0.4, -0.2) is 56.5 Å². The Kier molecular flexibility index (Phi) is 5.60. The lowest BCUT2D eigenvalue weighted by molar-refractivity contribution is -0.385. The van der Waals surface area contributed by atoms with E-state index in [1.54, 1.807) is 19.1 Å². The van der Waals surface area contributed by atoms with Crippen LogP contribution in [0.25, 0.3) is 0 Å². The Morgan fingerprint density at radius 3 is 2.00 bits per heavy atom. The minimum atomic E-state index is -3.97. The minimum absolute atomic E-state index is 0.0198. The first-order valence-corrected chi connectivity index (χ1v) is 12.0. The summed E-state index contributed by atoms with van der Waals surface area (Å²) in [5.41, 5.74) is 0.0909. The van der Waals surface area contributed by atoms with Gasteiger partial charge in [-0.25, -0.2) is 16.8 Å². The number of thiophene rings is 1. The van der Waals surface area contributed by atoms with Crippen molar-refractivity contribution in [2.45, 2.75) is 23.0 Å². The molecule has 2 aromatic rings. The van der Waals surface area contributed by atoms with Gasteiger partial charge in [-0.05, 0) is 31.5 Å². The van der Waals surface area contributed by atoms with Crippen molar-refractivity contribution in [3.05, 3.63) is 50.9 Å². The maximum atomic E-state index is 12.9. The highest BCUT2D eigenvalue weighted by Crippen LogP contribution is 2.28. The molecule has 1 saturated heterocycles. The normalized spacial score (nSPS) is 16.9. The second-order valence-electron chi connectivity index (χ2n) is 6.38. The summed E-state index contributed by atoms with van der Waals surface area (Å²) in [5.74, 6) is 0. The van der Waals surface area contributed by atoms with Gasteiger partial charge < -0.3 is 0 Å². The van der Waals surface area contributed by atoms with Crippen LogP contribution in [0.3, 0.4) is 0 Å². The molecule has 0 N–H and O–H groups in total. The molecule has 1 aliphatic heterocycles. The largest absolute Gasteiger partial charge is 0.270 e. The number of benzene rings is 1. The van der Waals surface area contributed by atoms with Crippen LogP contribution in [0.5, 0.6) is 0 Å². The van der Waals surface area contributed by atoms with Gasteiger partial charge in [0.2, 0.25) is 10.0 Å². The Balaban J connectivity index is 1.81. The summed E-state index contributed by atoms with van der Waals surface area (Å²) in [7, 11) is -7.63. The van der Waals surface area contributed by atoms with Crippen LogP contribution in [0.4, 0.5) is 5.69 Å². The Bertz CT molecular complexity index is 1120. The summed E-state index contributed by atoms with van der Waals surface area (Å²) in [6.07, 6.45) is 0. The second kappa shape index (κ2) is 7.52. The van der Waals surface area contributed by atoms with Gasteiger partial charge in [-0.15, -0.1) is 11.3 Å². The fraction of sp³-hybridized carbons (Fsp3) is 0.375. The van der Waals surface area contributed by atoms with E-state index in [0.29, 0.717) is 5.56 Å². The number of rotatable bonds is 5. The second-order valence-corrected chi connectivity index (χ2v) is 11.7. The van der Waals surface area contributed by atoms with Crippen molar-refractivity contribution in [2.75, 3.05) is 26.2 Å². The molecule has 0 saturated carbocycles. The average Bonchev–Trinajstić information content (AvgIpc) is 3.09. The highest BCUT2D eigenvalue weighted by Gasteiger charge is 2.35. The first-order valence-electron chi connectivity index (χ1n) is 8.35. The van der Waals surface area contributed by atoms with Crippen molar-refractivity contribution in [3.8, 4) is 0 Å². The van der Waals surface area contributed by atoms with E-state index in [9.17, 15) is 26.9 Å². The number of hydrogen-bond acceptors (Lipinski definition) is 7. The molecule has 1 aromatic heterocycles. The van der Waals surface area contributed by atoms with E-state index in [4.69, 9.17) is 0 Å². The Labute approximate surface area is 167 Å². The molecule has 0 amide bonds. The lowest BCUT2D eigenvalue weighted by atomic mass is 10.2. The van der Waals surface area contributed by atoms with Crippen molar-refractivity contribution in [3.63, 3.8) is 0 Å². The summed E-state index contributed by atoms with van der Waals surface area (Å²) in [5, 5.41) is 11.0. The van der Waals surface area contributed by atoms with E-state index in [1.807, 2.05) is 6.92 Å². The number of non-ortho nitro benzene ring substituents is 1. The van der Waals surface area contributed by atoms with Gasteiger partial charge in [-0.1, -0.05) is 6.07 Å². The number of nitrogens with zero attached hydrogens (tertiary/aromatic N) is 3. The van der Waals surface area contributed by atoms with Crippen molar-refractivity contribution < 1.29 is 21.8 Å². The Morgan fingerprint density at radius 2 is 1.50 bits per heavy atom. The molecule has 0 bridgehead atoms. The summed E-state index contributed by atoms with van der Waals surface area (Å²) in [6.45, 7) is 3.38. The van der Waals surface area contributed by atoms with Crippen LogP contribution in [0, 0.1) is 24.0 Å². The lowest BCUT2D eigenvalue weighted by Gasteiger charge is -2.33. The van der Waals surface area contributed by atoms with E-state index in [1.165, 1.54) is 32.1 Å². The fourth-order valence-electron chi connectivity index (χ4n) is 2.95. The third-order valence-corrected chi connectivity index (χ3v) is 9.92. The zero-order valence-corrected chi connectivity index (χ0v) is 17.7. The zero-order chi connectivity index (χ0) is 20.7. The number of sulfonamides is 2. The summed E-state index contributed by atoms with van der Waals surface area (Å²) in [6, 6.07) is 6.96. The number of nitro groups is 1. The highest BCUT2D eigenvalue weighted by atomic mass is 32.2. The molecule has 152 valence electrons. The van der Waals surface area contributed by atoms with Crippen LogP contribution >= 0.6 is 11.3 Å². The van der Waals surface area contributed by atoms with Gasteiger partial charge in [0.15, 0.2) is 0 Å². The van der Waals surface area contributed by atoms with Crippen molar-refractivity contribution in [1.29, 1.82) is 0 Å². The summed E-state index contributed by atoms with van der Waals surface area (Å²) >= 11 is 1.17. The maximum absolute atomic E-state index is 12.9. The van der Waals surface area contributed by atoms with E-state index in [0.717, 1.165) is 10.9 Å². The molecule has 0 spiro atoms. The maximum Gasteiger partial charge on any atom is 0.270 e. The zero-order valence-electron chi connectivity index (χ0n) is 15.2. The molecule has 0 atom stereocenters. The van der Waals surface area contributed by atoms with Crippen LogP contribution < -0.4 is 0 Å². The molecule has 28 heavy (non-hydrogen) atoms. The quantitative estimate of drug-likeness (QED) is 0.513. The minimum Gasteiger partial charge on any atom is -0.258 e. The van der Waals surface area contributed by atoms with Crippen LogP contribution in [0.1, 0.15) is 10.4 Å². The van der Waals surface area contributed by atoms with Crippen molar-refractivity contribution in [2.24, 2.45) is 0 Å². The average molecular weight is 446 g/mol. The number of hydrogen-bond donors (Lipinski definition) is 0. The van der Waals surface area contributed by atoms with Crippen molar-refractivity contribution >= 4 is 37.1 Å². The van der Waals surface area contributed by atoms with Gasteiger partial charge in [0.05, 0.1) is 9.82 Å².